The van der Waals surface area contributed by atoms with Gasteiger partial charge in [0.1, 0.15) is 0 Å². The van der Waals surface area contributed by atoms with Crippen molar-refractivity contribution in [1.29, 1.82) is 0 Å². The van der Waals surface area contributed by atoms with E-state index in [4.69, 9.17) is 10.5 Å². The lowest BCUT2D eigenvalue weighted by molar-refractivity contribution is -0.129. The average Bonchev–Trinajstić information content (AvgIpc) is 2.56. The molecule has 0 aromatic rings. The third-order valence-electron chi connectivity index (χ3n) is 3.23. The van der Waals surface area contributed by atoms with Crippen LogP contribution in [0.2, 0.25) is 0 Å². The molecule has 1 aliphatic rings. The van der Waals surface area contributed by atoms with E-state index in [1.165, 1.54) is 0 Å². The molecule has 2 N–H and O–H groups in total. The Morgan fingerprint density at radius 3 is 2.75 bits per heavy atom. The van der Waals surface area contributed by atoms with Gasteiger partial charge in [-0.25, -0.2) is 0 Å². The second kappa shape index (κ2) is 5.64. The molecule has 94 valence electrons. The molecule has 1 amide bonds. The molecule has 1 rings (SSSR count). The summed E-state index contributed by atoms with van der Waals surface area (Å²) in [4.78, 5) is 13.7. The van der Waals surface area contributed by atoms with Gasteiger partial charge in [-0.1, -0.05) is 13.8 Å². The van der Waals surface area contributed by atoms with Crippen LogP contribution < -0.4 is 5.73 Å². The van der Waals surface area contributed by atoms with E-state index >= 15 is 0 Å². The molecule has 0 aromatic carbocycles. The van der Waals surface area contributed by atoms with E-state index in [9.17, 15) is 4.79 Å². The number of amides is 1. The topological polar surface area (TPSA) is 55.6 Å². The third-order valence-corrected chi connectivity index (χ3v) is 3.23. The smallest absolute Gasteiger partial charge is 0.222 e. The maximum atomic E-state index is 11.7. The Balaban J connectivity index is 2.44. The lowest BCUT2D eigenvalue weighted by Crippen LogP contribution is -2.36. The monoisotopic (exact) mass is 228 g/mol. The summed E-state index contributed by atoms with van der Waals surface area (Å²) in [5.41, 5.74) is 5.72. The van der Waals surface area contributed by atoms with Crippen molar-refractivity contribution in [2.45, 2.75) is 26.7 Å². The molecule has 0 saturated carbocycles. The summed E-state index contributed by atoms with van der Waals surface area (Å²) in [7, 11) is 1.71. The van der Waals surface area contributed by atoms with E-state index < -0.39 is 0 Å². The number of likely N-dealkylation sites (tertiary alicyclic amines) is 1. The average molecular weight is 228 g/mol. The minimum atomic E-state index is 0.120. The van der Waals surface area contributed by atoms with Crippen molar-refractivity contribution >= 4 is 5.91 Å². The number of rotatable bonds is 6. The van der Waals surface area contributed by atoms with Gasteiger partial charge < -0.3 is 15.4 Å². The quantitative estimate of drug-likeness (QED) is 0.733. The molecule has 16 heavy (non-hydrogen) atoms. The summed E-state index contributed by atoms with van der Waals surface area (Å²) in [6, 6.07) is 0. The molecule has 0 aliphatic carbocycles. The van der Waals surface area contributed by atoms with Crippen molar-refractivity contribution < 1.29 is 9.53 Å². The van der Waals surface area contributed by atoms with E-state index in [0.717, 1.165) is 26.1 Å². The van der Waals surface area contributed by atoms with Crippen LogP contribution in [0.3, 0.4) is 0 Å². The second-order valence-electron chi connectivity index (χ2n) is 5.49. The van der Waals surface area contributed by atoms with E-state index in [2.05, 4.69) is 13.8 Å². The molecular formula is C12H24N2O2. The van der Waals surface area contributed by atoms with Gasteiger partial charge in [-0.05, 0) is 24.3 Å². The Hall–Kier alpha value is -0.610. The summed E-state index contributed by atoms with van der Waals surface area (Å²) in [6.07, 6.45) is 1.59. The maximum Gasteiger partial charge on any atom is 0.222 e. The molecule has 0 aromatic heterocycles. The van der Waals surface area contributed by atoms with Crippen molar-refractivity contribution in [3.8, 4) is 0 Å². The molecule has 1 saturated heterocycles. The van der Waals surface area contributed by atoms with E-state index in [0.29, 0.717) is 18.9 Å². The van der Waals surface area contributed by atoms with Gasteiger partial charge in [0.2, 0.25) is 5.91 Å². The van der Waals surface area contributed by atoms with Gasteiger partial charge in [0.15, 0.2) is 0 Å². The van der Waals surface area contributed by atoms with Crippen LogP contribution in [0, 0.1) is 11.3 Å². The highest BCUT2D eigenvalue weighted by Gasteiger charge is 2.32. The van der Waals surface area contributed by atoms with Gasteiger partial charge in [0.05, 0.1) is 0 Å². The molecule has 1 fully saturated rings. The Morgan fingerprint density at radius 1 is 1.56 bits per heavy atom. The van der Waals surface area contributed by atoms with Gasteiger partial charge in [0.25, 0.3) is 0 Å². The van der Waals surface area contributed by atoms with Crippen molar-refractivity contribution in [3.63, 3.8) is 0 Å². The number of ether oxygens (including phenoxy) is 1. The number of nitrogens with zero attached hydrogens (tertiary/aromatic N) is 1. The predicted molar refractivity (Wildman–Crippen MR) is 64.0 cm³/mol. The summed E-state index contributed by atoms with van der Waals surface area (Å²) < 4.78 is 5.09. The number of hydrogen-bond acceptors (Lipinski definition) is 3. The third kappa shape index (κ3) is 3.76. The Bertz CT molecular complexity index is 241. The molecule has 4 nitrogen and oxygen atoms in total. The van der Waals surface area contributed by atoms with E-state index in [-0.39, 0.29) is 11.3 Å². The van der Waals surface area contributed by atoms with Crippen LogP contribution in [0.5, 0.6) is 0 Å². The van der Waals surface area contributed by atoms with Crippen molar-refractivity contribution in [1.82, 2.24) is 4.90 Å². The second-order valence-corrected chi connectivity index (χ2v) is 5.49. The lowest BCUT2D eigenvalue weighted by atomic mass is 9.89. The number of hydrogen-bond donors (Lipinski definition) is 1. The molecule has 1 heterocycles. The van der Waals surface area contributed by atoms with Crippen LogP contribution in [0.15, 0.2) is 0 Å². The van der Waals surface area contributed by atoms with Gasteiger partial charge in [-0.2, -0.15) is 0 Å². The molecule has 4 heteroatoms. The predicted octanol–water partition coefficient (Wildman–Crippen LogP) is 0.856. The van der Waals surface area contributed by atoms with Crippen molar-refractivity contribution in [2.24, 2.45) is 17.1 Å². The first-order chi connectivity index (χ1) is 7.48. The Labute approximate surface area is 98.1 Å². The maximum absolute atomic E-state index is 11.7. The molecule has 0 spiro atoms. The molecule has 1 atom stereocenters. The van der Waals surface area contributed by atoms with Crippen LogP contribution >= 0.6 is 0 Å². The van der Waals surface area contributed by atoms with Gasteiger partial charge in [-0.3, -0.25) is 4.79 Å². The fourth-order valence-electron chi connectivity index (χ4n) is 2.14. The highest BCUT2D eigenvalue weighted by molar-refractivity contribution is 5.78. The van der Waals surface area contributed by atoms with E-state index in [1.54, 1.807) is 7.11 Å². The number of carbonyl (C=O) groups excluding carboxylic acids is 1. The van der Waals surface area contributed by atoms with Gasteiger partial charge in [0, 0.05) is 33.2 Å². The van der Waals surface area contributed by atoms with Crippen LogP contribution in [0.1, 0.15) is 26.7 Å². The first-order valence-electron chi connectivity index (χ1n) is 5.95. The Morgan fingerprint density at radius 2 is 2.25 bits per heavy atom. The van der Waals surface area contributed by atoms with Crippen molar-refractivity contribution in [2.75, 3.05) is 33.4 Å². The highest BCUT2D eigenvalue weighted by atomic mass is 16.5. The van der Waals surface area contributed by atoms with E-state index in [1.807, 2.05) is 4.90 Å². The highest BCUT2D eigenvalue weighted by Crippen LogP contribution is 2.26. The van der Waals surface area contributed by atoms with Crippen molar-refractivity contribution in [3.05, 3.63) is 0 Å². The number of methoxy groups -OCH3 is 1. The molecule has 1 unspecified atom stereocenters. The summed E-state index contributed by atoms with van der Waals surface area (Å²) >= 11 is 0. The largest absolute Gasteiger partial charge is 0.385 e. The summed E-state index contributed by atoms with van der Waals surface area (Å²) in [5.74, 6) is 0.603. The van der Waals surface area contributed by atoms with Crippen LogP contribution in [0.25, 0.3) is 0 Å². The number of nitrogens with two attached hydrogens (primary N) is 1. The summed E-state index contributed by atoms with van der Waals surface area (Å²) in [5, 5.41) is 0. The van der Waals surface area contributed by atoms with Gasteiger partial charge >= 0.3 is 0 Å². The molecule has 0 bridgehead atoms. The minimum Gasteiger partial charge on any atom is -0.385 e. The molecule has 1 aliphatic heterocycles. The normalized spacial score (nSPS) is 21.9. The molecular weight excluding hydrogens is 204 g/mol. The lowest BCUT2D eigenvalue weighted by Gasteiger charge is -2.30. The summed E-state index contributed by atoms with van der Waals surface area (Å²) in [6.45, 7) is 7.34. The standard InChI is InChI=1S/C12H24N2O2/c1-12(2,4-5-16-3)9-14-8-10(7-13)6-11(14)15/h10H,4-9,13H2,1-3H3. The van der Waals surface area contributed by atoms with Crippen LogP contribution in [0.4, 0.5) is 0 Å². The van der Waals surface area contributed by atoms with Crippen LogP contribution in [-0.4, -0.2) is 44.2 Å². The SMILES string of the molecule is COCCC(C)(C)CN1CC(CN)CC1=O. The zero-order valence-electron chi connectivity index (χ0n) is 10.7. The number of carbonyl (C=O) groups is 1. The van der Waals surface area contributed by atoms with Gasteiger partial charge in [-0.15, -0.1) is 0 Å². The zero-order valence-corrected chi connectivity index (χ0v) is 10.7. The minimum absolute atomic E-state index is 0.120. The fraction of sp³-hybridized carbons (Fsp3) is 0.917. The fourth-order valence-corrected chi connectivity index (χ4v) is 2.14. The zero-order chi connectivity index (χ0) is 12.2. The first-order valence-corrected chi connectivity index (χ1v) is 5.95. The first kappa shape index (κ1) is 13.5. The molecule has 0 radical (unpaired) electrons. The Kier molecular flexibility index (Phi) is 4.74. The van der Waals surface area contributed by atoms with Crippen LogP contribution in [-0.2, 0) is 9.53 Å².